The normalized spacial score (nSPS) is 12.4. The summed E-state index contributed by atoms with van der Waals surface area (Å²) in [4.78, 5) is 4.31. The standard InChI is InChI=1S/C13H13BrFN3/c1-8-7-9(15)4-5-10(8)12(18-16)13-11(14)3-2-6-17-13/h2-7,12,18H,16H2,1H3. The second kappa shape index (κ2) is 5.56. The van der Waals surface area contributed by atoms with Crippen molar-refractivity contribution in [2.45, 2.75) is 13.0 Å². The maximum Gasteiger partial charge on any atom is 0.123 e. The van der Waals surface area contributed by atoms with Gasteiger partial charge in [0, 0.05) is 10.7 Å². The van der Waals surface area contributed by atoms with Crippen LogP contribution in [0.25, 0.3) is 0 Å². The van der Waals surface area contributed by atoms with E-state index in [0.29, 0.717) is 0 Å². The molecule has 0 fully saturated rings. The summed E-state index contributed by atoms with van der Waals surface area (Å²) in [6, 6.07) is 8.07. The summed E-state index contributed by atoms with van der Waals surface area (Å²) >= 11 is 3.44. The molecule has 1 aromatic heterocycles. The second-order valence-electron chi connectivity index (χ2n) is 3.97. The van der Waals surface area contributed by atoms with Crippen molar-refractivity contribution in [1.82, 2.24) is 10.4 Å². The molecule has 3 N–H and O–H groups in total. The van der Waals surface area contributed by atoms with Crippen LogP contribution in [-0.2, 0) is 0 Å². The molecule has 2 aromatic rings. The highest BCUT2D eigenvalue weighted by Crippen LogP contribution is 2.28. The Morgan fingerprint density at radius 1 is 1.39 bits per heavy atom. The van der Waals surface area contributed by atoms with Gasteiger partial charge in [-0.1, -0.05) is 6.07 Å². The molecular weight excluding hydrogens is 297 g/mol. The Morgan fingerprint density at radius 2 is 2.17 bits per heavy atom. The Bertz CT molecular complexity index is 560. The topological polar surface area (TPSA) is 50.9 Å². The van der Waals surface area contributed by atoms with E-state index < -0.39 is 0 Å². The van der Waals surface area contributed by atoms with Gasteiger partial charge >= 0.3 is 0 Å². The molecule has 0 aliphatic rings. The zero-order valence-electron chi connectivity index (χ0n) is 9.82. The fourth-order valence-corrected chi connectivity index (χ4v) is 2.37. The summed E-state index contributed by atoms with van der Waals surface area (Å²) < 4.78 is 14.0. The maximum absolute atomic E-state index is 13.1. The van der Waals surface area contributed by atoms with E-state index in [1.165, 1.54) is 12.1 Å². The van der Waals surface area contributed by atoms with Gasteiger partial charge in [0.25, 0.3) is 0 Å². The number of benzene rings is 1. The summed E-state index contributed by atoms with van der Waals surface area (Å²) in [7, 11) is 0. The summed E-state index contributed by atoms with van der Waals surface area (Å²) in [5, 5.41) is 0. The average Bonchev–Trinajstić information content (AvgIpc) is 2.34. The smallest absolute Gasteiger partial charge is 0.123 e. The van der Waals surface area contributed by atoms with Crippen molar-refractivity contribution in [2.75, 3.05) is 0 Å². The molecule has 0 aliphatic heterocycles. The Labute approximate surface area is 113 Å². The number of hydrazine groups is 1. The number of nitrogens with one attached hydrogen (secondary N) is 1. The lowest BCUT2D eigenvalue weighted by atomic mass is 9.99. The number of rotatable bonds is 3. The fourth-order valence-electron chi connectivity index (χ4n) is 1.89. The van der Waals surface area contributed by atoms with Crippen LogP contribution in [0.5, 0.6) is 0 Å². The SMILES string of the molecule is Cc1cc(F)ccc1C(NN)c1ncccc1Br. The molecule has 0 aliphatic carbocycles. The van der Waals surface area contributed by atoms with E-state index in [1.807, 2.05) is 19.1 Å². The summed E-state index contributed by atoms with van der Waals surface area (Å²) in [6.07, 6.45) is 1.70. The van der Waals surface area contributed by atoms with Crippen molar-refractivity contribution in [3.63, 3.8) is 0 Å². The van der Waals surface area contributed by atoms with Gasteiger partial charge in [-0.25, -0.2) is 9.82 Å². The van der Waals surface area contributed by atoms with Crippen LogP contribution < -0.4 is 11.3 Å². The molecule has 1 aromatic carbocycles. The number of halogens is 2. The third-order valence-corrected chi connectivity index (χ3v) is 3.44. The summed E-state index contributed by atoms with van der Waals surface area (Å²) in [5.41, 5.74) is 5.22. The van der Waals surface area contributed by atoms with E-state index in [0.717, 1.165) is 21.3 Å². The molecule has 1 unspecified atom stereocenters. The average molecular weight is 310 g/mol. The first-order valence-electron chi connectivity index (χ1n) is 5.46. The largest absolute Gasteiger partial charge is 0.271 e. The van der Waals surface area contributed by atoms with Crippen LogP contribution in [0.2, 0.25) is 0 Å². The third-order valence-electron chi connectivity index (χ3n) is 2.77. The Morgan fingerprint density at radius 3 is 2.78 bits per heavy atom. The van der Waals surface area contributed by atoms with Gasteiger partial charge in [0.15, 0.2) is 0 Å². The van der Waals surface area contributed by atoms with Crippen molar-refractivity contribution < 1.29 is 4.39 Å². The first kappa shape index (κ1) is 13.1. The first-order valence-corrected chi connectivity index (χ1v) is 6.25. The molecule has 1 atom stereocenters. The Hall–Kier alpha value is -1.30. The zero-order valence-corrected chi connectivity index (χ0v) is 11.4. The Kier molecular flexibility index (Phi) is 4.06. The van der Waals surface area contributed by atoms with Crippen LogP contribution >= 0.6 is 15.9 Å². The molecule has 0 bridgehead atoms. The number of aromatic nitrogens is 1. The van der Waals surface area contributed by atoms with Crippen LogP contribution in [0.3, 0.4) is 0 Å². The molecule has 3 nitrogen and oxygen atoms in total. The minimum Gasteiger partial charge on any atom is -0.271 e. The van der Waals surface area contributed by atoms with Gasteiger partial charge in [0.05, 0.1) is 11.7 Å². The molecule has 1 heterocycles. The Balaban J connectivity index is 2.49. The monoisotopic (exact) mass is 309 g/mol. The fraction of sp³-hybridized carbons (Fsp3) is 0.154. The molecule has 0 saturated carbocycles. The molecule has 5 heteroatoms. The van der Waals surface area contributed by atoms with E-state index in [1.54, 1.807) is 12.3 Å². The maximum atomic E-state index is 13.1. The molecule has 0 amide bonds. The van der Waals surface area contributed by atoms with Crippen LogP contribution in [0.4, 0.5) is 4.39 Å². The molecule has 94 valence electrons. The quantitative estimate of drug-likeness (QED) is 0.677. The predicted octanol–water partition coefficient (Wildman–Crippen LogP) is 2.84. The highest BCUT2D eigenvalue weighted by molar-refractivity contribution is 9.10. The molecule has 0 radical (unpaired) electrons. The van der Waals surface area contributed by atoms with Gasteiger partial charge in [-0.3, -0.25) is 10.8 Å². The van der Waals surface area contributed by atoms with Gasteiger partial charge < -0.3 is 0 Å². The lowest BCUT2D eigenvalue weighted by Gasteiger charge is -2.19. The van der Waals surface area contributed by atoms with Gasteiger partial charge in [0.2, 0.25) is 0 Å². The van der Waals surface area contributed by atoms with Crippen LogP contribution in [-0.4, -0.2) is 4.98 Å². The van der Waals surface area contributed by atoms with Crippen LogP contribution in [0.15, 0.2) is 41.0 Å². The van der Waals surface area contributed by atoms with Gasteiger partial charge in [-0.05, 0) is 58.2 Å². The van der Waals surface area contributed by atoms with Crippen molar-refractivity contribution in [1.29, 1.82) is 0 Å². The van der Waals surface area contributed by atoms with E-state index in [-0.39, 0.29) is 11.9 Å². The molecule has 2 rings (SSSR count). The minimum atomic E-state index is -0.277. The van der Waals surface area contributed by atoms with E-state index in [9.17, 15) is 4.39 Å². The highest BCUT2D eigenvalue weighted by atomic mass is 79.9. The van der Waals surface area contributed by atoms with Gasteiger partial charge in [-0.2, -0.15) is 0 Å². The molecule has 0 spiro atoms. The van der Waals surface area contributed by atoms with E-state index >= 15 is 0 Å². The third kappa shape index (κ3) is 2.58. The predicted molar refractivity (Wildman–Crippen MR) is 72.2 cm³/mol. The second-order valence-corrected chi connectivity index (χ2v) is 4.83. The zero-order chi connectivity index (χ0) is 13.1. The number of nitrogens with two attached hydrogens (primary N) is 1. The summed E-state index contributed by atoms with van der Waals surface area (Å²) in [5.74, 6) is 5.35. The first-order chi connectivity index (χ1) is 8.63. The number of pyridine rings is 1. The van der Waals surface area contributed by atoms with Gasteiger partial charge in [0.1, 0.15) is 5.82 Å². The van der Waals surface area contributed by atoms with E-state index in [4.69, 9.17) is 5.84 Å². The van der Waals surface area contributed by atoms with Crippen LogP contribution in [0, 0.1) is 12.7 Å². The van der Waals surface area contributed by atoms with Crippen molar-refractivity contribution in [2.24, 2.45) is 5.84 Å². The number of hydrogen-bond donors (Lipinski definition) is 2. The van der Waals surface area contributed by atoms with Crippen LogP contribution in [0.1, 0.15) is 22.9 Å². The van der Waals surface area contributed by atoms with Gasteiger partial charge in [-0.15, -0.1) is 0 Å². The minimum absolute atomic E-state index is 0.257. The van der Waals surface area contributed by atoms with Crippen molar-refractivity contribution >= 4 is 15.9 Å². The summed E-state index contributed by atoms with van der Waals surface area (Å²) in [6.45, 7) is 1.85. The number of aryl methyl sites for hydroxylation is 1. The number of hydrogen-bond acceptors (Lipinski definition) is 3. The highest BCUT2D eigenvalue weighted by Gasteiger charge is 2.18. The van der Waals surface area contributed by atoms with E-state index in [2.05, 4.69) is 26.3 Å². The van der Waals surface area contributed by atoms with Crippen molar-refractivity contribution in [3.05, 3.63) is 63.6 Å². The molecule has 0 saturated heterocycles. The lowest BCUT2D eigenvalue weighted by Crippen LogP contribution is -2.30. The number of nitrogens with zero attached hydrogens (tertiary/aromatic N) is 1. The molecular formula is C13H13BrFN3. The lowest BCUT2D eigenvalue weighted by molar-refractivity contribution is 0.602. The molecule has 18 heavy (non-hydrogen) atoms. The van der Waals surface area contributed by atoms with Crippen molar-refractivity contribution in [3.8, 4) is 0 Å².